The van der Waals surface area contributed by atoms with Gasteiger partial charge < -0.3 is 19.0 Å². The zero-order valence-corrected chi connectivity index (χ0v) is 19.8. The first-order chi connectivity index (χ1) is 16.0. The summed E-state index contributed by atoms with van der Waals surface area (Å²) in [6.07, 6.45) is 3.86. The zero-order valence-electron chi connectivity index (χ0n) is 19.0. The third kappa shape index (κ3) is 5.03. The molecule has 0 spiro atoms. The molecule has 2 amide bonds. The predicted octanol–water partition coefficient (Wildman–Crippen LogP) is 4.79. The Morgan fingerprint density at radius 2 is 2.15 bits per heavy atom. The van der Waals surface area contributed by atoms with Crippen LogP contribution in [0.3, 0.4) is 0 Å². The van der Waals surface area contributed by atoms with Crippen molar-refractivity contribution < 1.29 is 18.7 Å². The Morgan fingerprint density at radius 1 is 1.30 bits per heavy atom. The average molecular weight is 465 g/mol. The molecule has 4 rings (SSSR count). The Morgan fingerprint density at radius 3 is 2.88 bits per heavy atom. The van der Waals surface area contributed by atoms with Crippen molar-refractivity contribution in [3.63, 3.8) is 0 Å². The van der Waals surface area contributed by atoms with Crippen LogP contribution in [0.2, 0.25) is 0 Å². The van der Waals surface area contributed by atoms with Gasteiger partial charge in [-0.15, -0.1) is 17.9 Å². The highest BCUT2D eigenvalue weighted by molar-refractivity contribution is 7.10. The molecule has 0 N–H and O–H groups in total. The van der Waals surface area contributed by atoms with Crippen molar-refractivity contribution in [1.82, 2.24) is 9.80 Å². The highest BCUT2D eigenvalue weighted by Crippen LogP contribution is 2.34. The maximum absolute atomic E-state index is 13.4. The minimum atomic E-state index is -0.329. The summed E-state index contributed by atoms with van der Waals surface area (Å²) < 4.78 is 11.4. The van der Waals surface area contributed by atoms with Crippen LogP contribution in [-0.2, 0) is 11.2 Å². The molecule has 1 aliphatic heterocycles. The fourth-order valence-electron chi connectivity index (χ4n) is 4.19. The number of rotatable bonds is 8. The number of nitrogens with zero attached hydrogens (tertiary/aromatic N) is 2. The third-order valence-corrected chi connectivity index (χ3v) is 6.83. The number of thiophene rings is 1. The number of ether oxygens (including phenoxy) is 1. The molecule has 0 saturated carbocycles. The summed E-state index contributed by atoms with van der Waals surface area (Å²) in [5, 5.41) is 2.06. The second-order valence-corrected chi connectivity index (χ2v) is 9.18. The van der Waals surface area contributed by atoms with Crippen LogP contribution in [0.1, 0.15) is 38.2 Å². The molecule has 0 saturated heterocycles. The predicted molar refractivity (Wildman–Crippen MR) is 129 cm³/mol. The molecule has 1 aliphatic rings. The quantitative estimate of drug-likeness (QED) is 0.450. The van der Waals surface area contributed by atoms with Crippen molar-refractivity contribution in [1.29, 1.82) is 0 Å². The number of hydrogen-bond acceptors (Lipinski definition) is 5. The first-order valence-electron chi connectivity index (χ1n) is 11.0. The van der Waals surface area contributed by atoms with E-state index in [9.17, 15) is 9.59 Å². The maximum Gasteiger partial charge on any atom is 0.290 e. The molecular weight excluding hydrogens is 436 g/mol. The fraction of sp³-hybridized carbons (Fsp3) is 0.308. The molecule has 7 heteroatoms. The van der Waals surface area contributed by atoms with E-state index in [0.717, 1.165) is 23.3 Å². The van der Waals surface area contributed by atoms with Crippen LogP contribution in [0, 0.1) is 13.8 Å². The van der Waals surface area contributed by atoms with E-state index >= 15 is 0 Å². The molecule has 2 aromatic heterocycles. The standard InChI is InChI=1S/C26H28N2O4S/c1-4-11-27(26(30)23-6-5-13-31-23)16-25(29)28-12-9-24-20(10-14-33-24)21(28)17-32-22-8-7-18(2)15-19(22)3/h4-8,10,13-15,21H,1,9,11-12,16-17H2,2-3H3. The lowest BCUT2D eigenvalue weighted by Gasteiger charge is -2.37. The minimum Gasteiger partial charge on any atom is -0.491 e. The monoisotopic (exact) mass is 464 g/mol. The second kappa shape index (κ2) is 10.1. The van der Waals surface area contributed by atoms with Crippen LogP contribution in [0.5, 0.6) is 5.75 Å². The van der Waals surface area contributed by atoms with Crippen LogP contribution in [-0.4, -0.2) is 47.9 Å². The van der Waals surface area contributed by atoms with Crippen molar-refractivity contribution in [2.24, 2.45) is 0 Å². The van der Waals surface area contributed by atoms with E-state index in [4.69, 9.17) is 9.15 Å². The van der Waals surface area contributed by atoms with Gasteiger partial charge >= 0.3 is 0 Å². The normalized spacial score (nSPS) is 15.1. The van der Waals surface area contributed by atoms with Crippen molar-refractivity contribution >= 4 is 23.2 Å². The van der Waals surface area contributed by atoms with Crippen LogP contribution >= 0.6 is 11.3 Å². The van der Waals surface area contributed by atoms with Gasteiger partial charge in [-0.2, -0.15) is 0 Å². The summed E-state index contributed by atoms with van der Waals surface area (Å²) >= 11 is 1.71. The molecule has 0 aliphatic carbocycles. The number of hydrogen-bond donors (Lipinski definition) is 0. The van der Waals surface area contributed by atoms with Crippen LogP contribution in [0.25, 0.3) is 0 Å². The Hall–Kier alpha value is -3.32. The molecule has 172 valence electrons. The number of carbonyl (C=O) groups is 2. The van der Waals surface area contributed by atoms with E-state index < -0.39 is 0 Å². The molecule has 33 heavy (non-hydrogen) atoms. The summed E-state index contributed by atoms with van der Waals surface area (Å²) in [4.78, 5) is 30.8. The van der Waals surface area contributed by atoms with Crippen LogP contribution in [0.4, 0.5) is 0 Å². The highest BCUT2D eigenvalue weighted by Gasteiger charge is 2.33. The van der Waals surface area contributed by atoms with E-state index in [2.05, 4.69) is 31.0 Å². The van der Waals surface area contributed by atoms with Crippen LogP contribution < -0.4 is 4.74 Å². The van der Waals surface area contributed by atoms with Crippen molar-refractivity contribution in [3.8, 4) is 5.75 Å². The fourth-order valence-corrected chi connectivity index (χ4v) is 5.12. The SMILES string of the molecule is C=CCN(CC(=O)N1CCc2sccc2C1COc1ccc(C)cc1C)C(=O)c1ccco1. The van der Waals surface area contributed by atoms with E-state index in [1.807, 2.05) is 24.0 Å². The zero-order chi connectivity index (χ0) is 23.4. The van der Waals surface area contributed by atoms with Crippen molar-refractivity contribution in [2.75, 3.05) is 26.2 Å². The Kier molecular flexibility index (Phi) is 6.99. The summed E-state index contributed by atoms with van der Waals surface area (Å²) in [5.41, 5.74) is 3.37. The van der Waals surface area contributed by atoms with E-state index in [1.54, 1.807) is 29.5 Å². The van der Waals surface area contributed by atoms with E-state index in [0.29, 0.717) is 13.2 Å². The molecule has 0 fully saturated rings. The first kappa shape index (κ1) is 22.9. The van der Waals surface area contributed by atoms with Crippen molar-refractivity contribution in [2.45, 2.75) is 26.3 Å². The topological polar surface area (TPSA) is 63.0 Å². The highest BCUT2D eigenvalue weighted by atomic mass is 32.1. The molecular formula is C26H28N2O4S. The largest absolute Gasteiger partial charge is 0.491 e. The smallest absolute Gasteiger partial charge is 0.290 e. The Balaban J connectivity index is 1.53. The van der Waals surface area contributed by atoms with Gasteiger partial charge in [0.05, 0.1) is 12.3 Å². The van der Waals surface area contributed by atoms with E-state index in [-0.39, 0.29) is 36.7 Å². The molecule has 0 radical (unpaired) electrons. The number of furan rings is 1. The minimum absolute atomic E-state index is 0.0505. The maximum atomic E-state index is 13.4. The van der Waals surface area contributed by atoms with Gasteiger partial charge in [-0.3, -0.25) is 9.59 Å². The summed E-state index contributed by atoms with van der Waals surface area (Å²) in [6.45, 7) is 8.95. The molecule has 6 nitrogen and oxygen atoms in total. The van der Waals surface area contributed by atoms with E-state index in [1.165, 1.54) is 21.6 Å². The number of benzene rings is 1. The number of carbonyl (C=O) groups excluding carboxylic acids is 2. The Labute approximate surface area is 198 Å². The lowest BCUT2D eigenvalue weighted by Crippen LogP contribution is -2.47. The second-order valence-electron chi connectivity index (χ2n) is 8.18. The van der Waals surface area contributed by atoms with Gasteiger partial charge in [0.15, 0.2) is 5.76 Å². The Bertz CT molecular complexity index is 1140. The van der Waals surface area contributed by atoms with Gasteiger partial charge in [0.25, 0.3) is 5.91 Å². The first-order valence-corrected chi connectivity index (χ1v) is 11.9. The molecule has 1 atom stereocenters. The number of amides is 2. The number of fused-ring (bicyclic) bond motifs is 1. The van der Waals surface area contributed by atoms with Gasteiger partial charge in [-0.1, -0.05) is 23.8 Å². The molecule has 0 bridgehead atoms. The lowest BCUT2D eigenvalue weighted by molar-refractivity contribution is -0.135. The molecule has 1 aromatic carbocycles. The third-order valence-electron chi connectivity index (χ3n) is 5.84. The lowest BCUT2D eigenvalue weighted by atomic mass is 10.00. The van der Waals surface area contributed by atoms with Crippen molar-refractivity contribution in [3.05, 3.63) is 88.0 Å². The van der Waals surface area contributed by atoms with Gasteiger partial charge in [-0.05, 0) is 61.0 Å². The van der Waals surface area contributed by atoms with Crippen LogP contribution in [0.15, 0.2) is 65.1 Å². The number of aryl methyl sites for hydroxylation is 2. The van der Waals surface area contributed by atoms with Gasteiger partial charge in [-0.25, -0.2) is 0 Å². The molecule has 3 heterocycles. The van der Waals surface area contributed by atoms with Gasteiger partial charge in [0, 0.05) is 18.0 Å². The molecule has 1 unspecified atom stereocenters. The van der Waals surface area contributed by atoms with Gasteiger partial charge in [0.2, 0.25) is 5.91 Å². The molecule has 3 aromatic rings. The van der Waals surface area contributed by atoms with Gasteiger partial charge in [0.1, 0.15) is 18.9 Å². The summed E-state index contributed by atoms with van der Waals surface area (Å²) in [5.74, 6) is 0.571. The summed E-state index contributed by atoms with van der Waals surface area (Å²) in [7, 11) is 0. The average Bonchev–Trinajstić information content (AvgIpc) is 3.49. The summed E-state index contributed by atoms with van der Waals surface area (Å²) in [6, 6.07) is 11.2.